The van der Waals surface area contributed by atoms with Gasteiger partial charge in [-0.05, 0) is 30.3 Å². The van der Waals surface area contributed by atoms with E-state index in [2.05, 4.69) is 10.1 Å². The Labute approximate surface area is 119 Å². The molecule has 0 spiro atoms. The van der Waals surface area contributed by atoms with Crippen LogP contribution in [0.3, 0.4) is 0 Å². The van der Waals surface area contributed by atoms with Crippen LogP contribution in [0, 0.1) is 0 Å². The number of carbonyl (C=O) groups excluding carboxylic acids is 1. The van der Waals surface area contributed by atoms with Crippen LogP contribution < -0.4 is 5.32 Å². The number of hydrogen-bond acceptors (Lipinski definition) is 3. The molecule has 0 saturated heterocycles. The smallest absolute Gasteiger partial charge is 0.418 e. The predicted octanol–water partition coefficient (Wildman–Crippen LogP) is 4.24. The van der Waals surface area contributed by atoms with Gasteiger partial charge >= 0.3 is 12.1 Å². The van der Waals surface area contributed by atoms with Gasteiger partial charge in [0.2, 0.25) is 0 Å². The van der Waals surface area contributed by atoms with E-state index in [0.717, 1.165) is 13.2 Å². The first kappa shape index (κ1) is 14.9. The Balaban J connectivity index is 2.43. The van der Waals surface area contributed by atoms with E-state index in [1.807, 2.05) is 0 Å². The van der Waals surface area contributed by atoms with Gasteiger partial charge in [0.1, 0.15) is 0 Å². The molecule has 0 radical (unpaired) electrons. The Morgan fingerprint density at radius 3 is 2.33 bits per heavy atom. The second-order valence-corrected chi connectivity index (χ2v) is 4.24. The van der Waals surface area contributed by atoms with E-state index in [1.54, 1.807) is 30.3 Å². The van der Waals surface area contributed by atoms with Crippen molar-refractivity contribution in [2.24, 2.45) is 0 Å². The fourth-order valence-corrected chi connectivity index (χ4v) is 1.81. The number of nitrogens with one attached hydrogen (secondary N) is 1. The second kappa shape index (κ2) is 5.87. The van der Waals surface area contributed by atoms with Gasteiger partial charge in [0.05, 0.1) is 23.9 Å². The SMILES string of the molecule is COC(=O)c1ccc(Nc2ccccc2)c(C(F)(F)F)c1. The molecular weight excluding hydrogens is 283 g/mol. The minimum absolute atomic E-state index is 0.124. The minimum atomic E-state index is -4.58. The third-order valence-corrected chi connectivity index (χ3v) is 2.80. The molecule has 0 unspecified atom stereocenters. The number of hydrogen-bond donors (Lipinski definition) is 1. The molecule has 2 aromatic carbocycles. The monoisotopic (exact) mass is 295 g/mol. The van der Waals surface area contributed by atoms with Gasteiger partial charge in [-0.1, -0.05) is 18.2 Å². The predicted molar refractivity (Wildman–Crippen MR) is 72.5 cm³/mol. The van der Waals surface area contributed by atoms with Gasteiger partial charge in [0.25, 0.3) is 0 Å². The maximum Gasteiger partial charge on any atom is 0.418 e. The fourth-order valence-electron chi connectivity index (χ4n) is 1.81. The zero-order valence-corrected chi connectivity index (χ0v) is 11.1. The van der Waals surface area contributed by atoms with E-state index in [0.29, 0.717) is 5.69 Å². The van der Waals surface area contributed by atoms with E-state index in [1.165, 1.54) is 12.1 Å². The molecule has 21 heavy (non-hydrogen) atoms. The molecule has 0 aliphatic carbocycles. The molecule has 0 amide bonds. The van der Waals surface area contributed by atoms with Gasteiger partial charge in [-0.2, -0.15) is 13.2 Å². The van der Waals surface area contributed by atoms with Crippen molar-refractivity contribution in [2.75, 3.05) is 12.4 Å². The topological polar surface area (TPSA) is 38.3 Å². The van der Waals surface area contributed by atoms with Gasteiger partial charge < -0.3 is 10.1 Å². The van der Waals surface area contributed by atoms with Crippen LogP contribution in [0.15, 0.2) is 48.5 Å². The first-order valence-electron chi connectivity index (χ1n) is 6.03. The van der Waals surface area contributed by atoms with Crippen molar-refractivity contribution in [3.63, 3.8) is 0 Å². The number of anilines is 2. The van der Waals surface area contributed by atoms with Crippen LogP contribution in [0.2, 0.25) is 0 Å². The molecule has 0 aromatic heterocycles. The van der Waals surface area contributed by atoms with Gasteiger partial charge in [0, 0.05) is 5.69 Å². The van der Waals surface area contributed by atoms with Gasteiger partial charge in [-0.3, -0.25) is 0 Å². The molecule has 0 atom stereocenters. The van der Waals surface area contributed by atoms with Crippen LogP contribution in [0.4, 0.5) is 24.5 Å². The van der Waals surface area contributed by atoms with Crippen molar-refractivity contribution >= 4 is 17.3 Å². The summed E-state index contributed by atoms with van der Waals surface area (Å²) in [4.78, 5) is 11.4. The molecule has 0 fully saturated rings. The lowest BCUT2D eigenvalue weighted by Crippen LogP contribution is -2.11. The molecule has 3 nitrogen and oxygen atoms in total. The Bertz CT molecular complexity index is 639. The fraction of sp³-hybridized carbons (Fsp3) is 0.133. The standard InChI is InChI=1S/C15H12F3NO2/c1-21-14(20)10-7-8-13(12(9-10)15(16,17)18)19-11-5-3-2-4-6-11/h2-9,19H,1H3. The van der Waals surface area contributed by atoms with E-state index < -0.39 is 17.7 Å². The highest BCUT2D eigenvalue weighted by Gasteiger charge is 2.34. The maximum atomic E-state index is 13.1. The molecule has 110 valence electrons. The van der Waals surface area contributed by atoms with Crippen molar-refractivity contribution in [2.45, 2.75) is 6.18 Å². The first-order valence-corrected chi connectivity index (χ1v) is 6.03. The molecular formula is C15H12F3NO2. The summed E-state index contributed by atoms with van der Waals surface area (Å²) >= 11 is 0. The van der Waals surface area contributed by atoms with Crippen molar-refractivity contribution in [3.8, 4) is 0 Å². The van der Waals surface area contributed by atoms with E-state index in [4.69, 9.17) is 0 Å². The van der Waals surface area contributed by atoms with Gasteiger partial charge in [-0.15, -0.1) is 0 Å². The summed E-state index contributed by atoms with van der Waals surface area (Å²) in [6.45, 7) is 0. The van der Waals surface area contributed by atoms with Crippen LogP contribution in [0.25, 0.3) is 0 Å². The molecule has 0 saturated carbocycles. The van der Waals surface area contributed by atoms with Crippen LogP contribution >= 0.6 is 0 Å². The molecule has 1 N–H and O–H groups in total. The zero-order chi connectivity index (χ0) is 15.5. The van der Waals surface area contributed by atoms with E-state index in [-0.39, 0.29) is 11.3 Å². The van der Waals surface area contributed by atoms with Crippen LogP contribution in [-0.2, 0) is 10.9 Å². The van der Waals surface area contributed by atoms with Gasteiger partial charge in [0.15, 0.2) is 0 Å². The quantitative estimate of drug-likeness (QED) is 0.861. The highest BCUT2D eigenvalue weighted by molar-refractivity contribution is 5.90. The number of benzene rings is 2. The average molecular weight is 295 g/mol. The summed E-state index contributed by atoms with van der Waals surface area (Å²) < 4.78 is 43.8. The molecule has 6 heteroatoms. The lowest BCUT2D eigenvalue weighted by Gasteiger charge is -2.15. The summed E-state index contributed by atoms with van der Waals surface area (Å²) in [6.07, 6.45) is -4.58. The van der Waals surface area contributed by atoms with Crippen molar-refractivity contribution < 1.29 is 22.7 Å². The molecule has 0 bridgehead atoms. The van der Waals surface area contributed by atoms with Crippen molar-refractivity contribution in [1.82, 2.24) is 0 Å². The molecule has 2 aromatic rings. The average Bonchev–Trinajstić information content (AvgIpc) is 2.47. The first-order chi connectivity index (χ1) is 9.91. The number of methoxy groups -OCH3 is 1. The number of esters is 1. The lowest BCUT2D eigenvalue weighted by atomic mass is 10.1. The maximum absolute atomic E-state index is 13.1. The third-order valence-electron chi connectivity index (χ3n) is 2.80. The van der Waals surface area contributed by atoms with Crippen molar-refractivity contribution in [3.05, 3.63) is 59.7 Å². The Kier molecular flexibility index (Phi) is 4.16. The summed E-state index contributed by atoms with van der Waals surface area (Å²) in [5, 5.41) is 2.69. The summed E-state index contributed by atoms with van der Waals surface area (Å²) in [6, 6.07) is 11.7. The third kappa shape index (κ3) is 3.53. The number of halogens is 3. The minimum Gasteiger partial charge on any atom is -0.465 e. The van der Waals surface area contributed by atoms with Crippen LogP contribution in [-0.4, -0.2) is 13.1 Å². The highest BCUT2D eigenvalue weighted by atomic mass is 19.4. The second-order valence-electron chi connectivity index (χ2n) is 4.24. The number of para-hydroxylation sites is 1. The number of alkyl halides is 3. The highest BCUT2D eigenvalue weighted by Crippen LogP contribution is 2.36. The lowest BCUT2D eigenvalue weighted by molar-refractivity contribution is -0.136. The summed E-state index contributed by atoms with van der Waals surface area (Å²) in [5.41, 5.74) is -0.673. The van der Waals surface area contributed by atoms with Crippen molar-refractivity contribution in [1.29, 1.82) is 0 Å². The summed E-state index contributed by atoms with van der Waals surface area (Å²) in [7, 11) is 1.12. The Hall–Kier alpha value is -2.50. The zero-order valence-electron chi connectivity index (χ0n) is 11.1. The van der Waals surface area contributed by atoms with Crippen LogP contribution in [0.5, 0.6) is 0 Å². The molecule has 0 heterocycles. The van der Waals surface area contributed by atoms with Gasteiger partial charge in [-0.25, -0.2) is 4.79 Å². The largest absolute Gasteiger partial charge is 0.465 e. The summed E-state index contributed by atoms with van der Waals surface area (Å²) in [5.74, 6) is -0.813. The van der Waals surface area contributed by atoms with E-state index in [9.17, 15) is 18.0 Å². The number of carbonyl (C=O) groups is 1. The normalized spacial score (nSPS) is 11.0. The molecule has 2 rings (SSSR count). The number of ether oxygens (including phenoxy) is 1. The molecule has 0 aliphatic heterocycles. The Morgan fingerprint density at radius 2 is 1.76 bits per heavy atom. The Morgan fingerprint density at radius 1 is 1.10 bits per heavy atom. The van der Waals surface area contributed by atoms with E-state index >= 15 is 0 Å². The molecule has 0 aliphatic rings. The van der Waals surface area contributed by atoms with Crippen LogP contribution in [0.1, 0.15) is 15.9 Å². The number of rotatable bonds is 3.